The number of aromatic nitrogens is 4. The molecule has 0 bridgehead atoms. The van der Waals surface area contributed by atoms with Crippen LogP contribution in [0.4, 0.5) is 5.82 Å². The van der Waals surface area contributed by atoms with Crippen molar-refractivity contribution in [2.75, 3.05) is 11.4 Å². The molecule has 126 valence electrons. The van der Waals surface area contributed by atoms with Crippen molar-refractivity contribution < 1.29 is 4.52 Å². The summed E-state index contributed by atoms with van der Waals surface area (Å²) < 4.78 is 7.45. The van der Waals surface area contributed by atoms with Crippen molar-refractivity contribution in [3.05, 3.63) is 38.1 Å². The molecule has 0 aromatic carbocycles. The first kappa shape index (κ1) is 16.0. The average Bonchev–Trinajstić information content (AvgIpc) is 3.24. The third-order valence-corrected chi connectivity index (χ3v) is 4.35. The summed E-state index contributed by atoms with van der Waals surface area (Å²) in [5.74, 6) is 1.37. The van der Waals surface area contributed by atoms with Gasteiger partial charge in [-0.2, -0.15) is 10.2 Å². The van der Waals surface area contributed by atoms with Crippen molar-refractivity contribution >= 4 is 5.82 Å². The molecule has 0 saturated carbocycles. The van der Waals surface area contributed by atoms with Gasteiger partial charge in [0, 0.05) is 27.1 Å². The summed E-state index contributed by atoms with van der Waals surface area (Å²) in [6.07, 6.45) is 2.24. The van der Waals surface area contributed by atoms with Crippen molar-refractivity contribution in [3.63, 3.8) is 0 Å². The molecule has 3 rings (SSSR count). The van der Waals surface area contributed by atoms with Crippen LogP contribution in [0.15, 0.2) is 14.1 Å². The van der Waals surface area contributed by atoms with E-state index in [1.54, 1.807) is 7.05 Å². The lowest BCUT2D eigenvalue weighted by Crippen LogP contribution is -2.42. The van der Waals surface area contributed by atoms with Crippen LogP contribution in [0.2, 0.25) is 0 Å². The van der Waals surface area contributed by atoms with E-state index in [1.807, 2.05) is 17.9 Å². The zero-order valence-electron chi connectivity index (χ0n) is 13.8. The minimum absolute atomic E-state index is 0.0503. The van der Waals surface area contributed by atoms with Gasteiger partial charge in [-0.25, -0.2) is 4.79 Å². The summed E-state index contributed by atoms with van der Waals surface area (Å²) in [5.41, 5.74) is -1.11. The average molecular weight is 330 g/mol. The van der Waals surface area contributed by atoms with Gasteiger partial charge in [-0.05, 0) is 12.8 Å². The number of nitriles is 1. The Morgan fingerprint density at radius 2 is 2.08 bits per heavy atom. The minimum Gasteiger partial charge on any atom is -0.346 e. The summed E-state index contributed by atoms with van der Waals surface area (Å²) in [4.78, 5) is 30.8. The van der Waals surface area contributed by atoms with Crippen LogP contribution in [0.1, 0.15) is 43.1 Å². The molecular formula is C15H18N6O3. The van der Waals surface area contributed by atoms with Crippen LogP contribution in [-0.4, -0.2) is 25.8 Å². The van der Waals surface area contributed by atoms with E-state index in [0.29, 0.717) is 30.5 Å². The molecule has 1 aliphatic rings. The Kier molecular flexibility index (Phi) is 3.97. The maximum atomic E-state index is 12.3. The fourth-order valence-corrected chi connectivity index (χ4v) is 3.10. The molecule has 3 heterocycles. The van der Waals surface area contributed by atoms with Gasteiger partial charge in [0.15, 0.2) is 11.4 Å². The number of rotatable bonds is 3. The lowest BCUT2D eigenvalue weighted by atomic mass is 10.2. The number of anilines is 1. The number of aryl methyl sites for hydroxylation is 1. The highest BCUT2D eigenvalue weighted by Crippen LogP contribution is 2.35. The van der Waals surface area contributed by atoms with Crippen LogP contribution < -0.4 is 16.1 Å². The van der Waals surface area contributed by atoms with Gasteiger partial charge in [-0.1, -0.05) is 12.1 Å². The molecule has 1 saturated heterocycles. The Bertz CT molecular complexity index is 932. The fraction of sp³-hybridized carbons (Fsp3) is 0.533. The molecular weight excluding hydrogens is 312 g/mol. The predicted octanol–water partition coefficient (Wildman–Crippen LogP) is 0.243. The van der Waals surface area contributed by atoms with Gasteiger partial charge in [0.25, 0.3) is 5.56 Å². The Morgan fingerprint density at radius 3 is 2.71 bits per heavy atom. The van der Waals surface area contributed by atoms with E-state index in [1.165, 1.54) is 11.6 Å². The molecule has 2 aromatic rings. The van der Waals surface area contributed by atoms with Gasteiger partial charge < -0.3 is 9.42 Å². The number of nitrogens with zero attached hydrogens (tertiary/aromatic N) is 6. The minimum atomic E-state index is -0.594. The first-order valence-corrected chi connectivity index (χ1v) is 7.78. The van der Waals surface area contributed by atoms with Crippen molar-refractivity contribution in [3.8, 4) is 6.07 Å². The van der Waals surface area contributed by atoms with Crippen molar-refractivity contribution in [2.24, 2.45) is 14.1 Å². The standard InChI is InChI=1S/C15H18N6O3/c1-4-11-17-12(18-24-11)10-6-5-7-21(10)13-9(8-16)14(22)20(3)15(23)19(13)2/h10H,4-7H2,1-3H3/t10-/m1/s1. The van der Waals surface area contributed by atoms with Gasteiger partial charge >= 0.3 is 5.69 Å². The molecule has 0 amide bonds. The van der Waals surface area contributed by atoms with Crippen molar-refractivity contribution in [1.29, 1.82) is 5.26 Å². The second kappa shape index (κ2) is 5.96. The largest absolute Gasteiger partial charge is 0.346 e. The smallest absolute Gasteiger partial charge is 0.332 e. The number of hydrogen-bond acceptors (Lipinski definition) is 7. The normalized spacial score (nSPS) is 17.2. The van der Waals surface area contributed by atoms with Crippen LogP contribution in [0.25, 0.3) is 0 Å². The van der Waals surface area contributed by atoms with Gasteiger partial charge in [-0.15, -0.1) is 0 Å². The summed E-state index contributed by atoms with van der Waals surface area (Å²) in [6.45, 7) is 2.53. The van der Waals surface area contributed by atoms with Crippen LogP contribution in [-0.2, 0) is 20.5 Å². The van der Waals surface area contributed by atoms with Gasteiger partial charge in [0.05, 0.1) is 6.04 Å². The van der Waals surface area contributed by atoms with Crippen molar-refractivity contribution in [2.45, 2.75) is 32.2 Å². The van der Waals surface area contributed by atoms with Gasteiger partial charge in [0.1, 0.15) is 11.9 Å². The lowest BCUT2D eigenvalue weighted by Gasteiger charge is -2.27. The van der Waals surface area contributed by atoms with Crippen LogP contribution in [0.3, 0.4) is 0 Å². The van der Waals surface area contributed by atoms with E-state index in [-0.39, 0.29) is 11.6 Å². The van der Waals surface area contributed by atoms with Gasteiger partial charge in [-0.3, -0.25) is 13.9 Å². The summed E-state index contributed by atoms with van der Waals surface area (Å²) >= 11 is 0. The van der Waals surface area contributed by atoms with E-state index in [4.69, 9.17) is 4.52 Å². The Balaban J connectivity index is 2.16. The van der Waals surface area contributed by atoms with E-state index in [9.17, 15) is 14.9 Å². The molecule has 1 fully saturated rings. The summed E-state index contributed by atoms with van der Waals surface area (Å²) in [6, 6.07) is 1.72. The second-order valence-electron chi connectivity index (χ2n) is 5.77. The van der Waals surface area contributed by atoms with E-state index in [2.05, 4.69) is 10.1 Å². The zero-order chi connectivity index (χ0) is 17.4. The second-order valence-corrected chi connectivity index (χ2v) is 5.77. The summed E-state index contributed by atoms with van der Waals surface area (Å²) in [5, 5.41) is 13.5. The van der Waals surface area contributed by atoms with E-state index >= 15 is 0 Å². The quantitative estimate of drug-likeness (QED) is 0.793. The summed E-state index contributed by atoms with van der Waals surface area (Å²) in [7, 11) is 2.92. The fourth-order valence-electron chi connectivity index (χ4n) is 3.10. The predicted molar refractivity (Wildman–Crippen MR) is 84.6 cm³/mol. The maximum absolute atomic E-state index is 12.3. The molecule has 0 N–H and O–H groups in total. The van der Waals surface area contributed by atoms with E-state index < -0.39 is 11.2 Å². The van der Waals surface area contributed by atoms with Crippen LogP contribution >= 0.6 is 0 Å². The monoisotopic (exact) mass is 330 g/mol. The Morgan fingerprint density at radius 1 is 1.33 bits per heavy atom. The van der Waals surface area contributed by atoms with E-state index in [0.717, 1.165) is 17.4 Å². The Hall–Kier alpha value is -2.89. The zero-order valence-corrected chi connectivity index (χ0v) is 13.8. The SMILES string of the molecule is CCc1nc([C@H]2CCCN2c2c(C#N)c(=O)n(C)c(=O)n2C)no1. The highest BCUT2D eigenvalue weighted by atomic mass is 16.5. The maximum Gasteiger partial charge on any atom is 0.332 e. The molecule has 2 aromatic heterocycles. The Labute approximate surface area is 137 Å². The molecule has 0 spiro atoms. The third kappa shape index (κ3) is 2.31. The first-order chi connectivity index (χ1) is 11.5. The third-order valence-electron chi connectivity index (χ3n) is 4.35. The highest BCUT2D eigenvalue weighted by molar-refractivity contribution is 5.55. The van der Waals surface area contributed by atoms with Crippen molar-refractivity contribution in [1.82, 2.24) is 19.3 Å². The highest BCUT2D eigenvalue weighted by Gasteiger charge is 2.34. The molecule has 0 radical (unpaired) electrons. The topological polar surface area (TPSA) is 110 Å². The molecule has 9 nitrogen and oxygen atoms in total. The first-order valence-electron chi connectivity index (χ1n) is 7.78. The molecule has 9 heteroatoms. The molecule has 1 aliphatic heterocycles. The molecule has 1 atom stereocenters. The molecule has 24 heavy (non-hydrogen) atoms. The number of hydrogen-bond donors (Lipinski definition) is 0. The van der Waals surface area contributed by atoms with Crippen LogP contribution in [0.5, 0.6) is 0 Å². The molecule has 0 unspecified atom stereocenters. The van der Waals surface area contributed by atoms with Gasteiger partial charge in [0.2, 0.25) is 5.89 Å². The lowest BCUT2D eigenvalue weighted by molar-refractivity contribution is 0.373. The molecule has 0 aliphatic carbocycles. The van der Waals surface area contributed by atoms with Crippen LogP contribution in [0, 0.1) is 11.3 Å².